The quantitative estimate of drug-likeness (QED) is 0.503. The van der Waals surface area contributed by atoms with Crippen LogP contribution in [0.3, 0.4) is 0 Å². The monoisotopic (exact) mass is 546 g/mol. The number of hydrogen-bond acceptors (Lipinski definition) is 6. The molecule has 37 heavy (non-hydrogen) atoms. The Labute approximate surface area is 224 Å². The lowest BCUT2D eigenvalue weighted by Crippen LogP contribution is -2.36. The first-order valence-corrected chi connectivity index (χ1v) is 15.7. The van der Waals surface area contributed by atoms with Gasteiger partial charge in [-0.25, -0.2) is 8.42 Å². The molecule has 1 aliphatic heterocycles. The molecule has 2 N–H and O–H groups in total. The number of amides is 2. The van der Waals surface area contributed by atoms with Crippen LogP contribution in [0.5, 0.6) is 5.75 Å². The van der Waals surface area contributed by atoms with Gasteiger partial charge in [-0.1, -0.05) is 34.6 Å². The van der Waals surface area contributed by atoms with Gasteiger partial charge in [0, 0.05) is 16.5 Å². The summed E-state index contributed by atoms with van der Waals surface area (Å²) in [4.78, 5) is 27.8. The zero-order chi connectivity index (χ0) is 27.0. The van der Waals surface area contributed by atoms with E-state index in [9.17, 15) is 18.0 Å². The molecule has 7 nitrogen and oxygen atoms in total. The average Bonchev–Trinajstić information content (AvgIpc) is 3.35. The van der Waals surface area contributed by atoms with Crippen molar-refractivity contribution >= 4 is 38.0 Å². The van der Waals surface area contributed by atoms with Crippen molar-refractivity contribution in [2.24, 2.45) is 17.3 Å². The normalized spacial score (nSPS) is 20.9. The van der Waals surface area contributed by atoms with E-state index in [1.807, 2.05) is 0 Å². The maximum Gasteiger partial charge on any atom is 0.256 e. The van der Waals surface area contributed by atoms with Crippen LogP contribution in [0.4, 0.5) is 5.00 Å². The van der Waals surface area contributed by atoms with Gasteiger partial charge >= 0.3 is 0 Å². The molecule has 9 heteroatoms. The van der Waals surface area contributed by atoms with Gasteiger partial charge in [-0.15, -0.1) is 11.3 Å². The molecule has 2 aliphatic rings. The molecule has 0 saturated carbocycles. The van der Waals surface area contributed by atoms with Gasteiger partial charge in [-0.05, 0) is 72.8 Å². The molecule has 4 rings (SSSR count). The van der Waals surface area contributed by atoms with E-state index in [1.165, 1.54) is 11.3 Å². The maximum atomic E-state index is 13.5. The number of fused-ring (bicyclic) bond motifs is 1. The third kappa shape index (κ3) is 6.74. The fourth-order valence-electron chi connectivity index (χ4n) is 4.96. The second-order valence-corrected chi connectivity index (χ2v) is 15.1. The van der Waals surface area contributed by atoms with Gasteiger partial charge in [0.05, 0.1) is 23.7 Å². The summed E-state index contributed by atoms with van der Waals surface area (Å²) in [6, 6.07) is 6.59. The topological polar surface area (TPSA) is 102 Å². The number of thiophene rings is 1. The maximum absolute atomic E-state index is 13.5. The highest BCUT2D eigenvalue weighted by atomic mass is 32.2. The first-order valence-electron chi connectivity index (χ1n) is 13.0. The molecule has 2 heterocycles. The van der Waals surface area contributed by atoms with Crippen molar-refractivity contribution in [3.8, 4) is 5.75 Å². The summed E-state index contributed by atoms with van der Waals surface area (Å²) >= 11 is 1.47. The van der Waals surface area contributed by atoms with Crippen LogP contribution in [0.15, 0.2) is 24.3 Å². The van der Waals surface area contributed by atoms with Gasteiger partial charge in [-0.3, -0.25) is 9.59 Å². The Kier molecular flexibility index (Phi) is 8.04. The van der Waals surface area contributed by atoms with E-state index in [2.05, 4.69) is 45.3 Å². The van der Waals surface area contributed by atoms with Crippen LogP contribution in [0, 0.1) is 17.3 Å². The molecule has 1 aliphatic carbocycles. The zero-order valence-electron chi connectivity index (χ0n) is 22.3. The molecule has 2 aromatic rings. The van der Waals surface area contributed by atoms with Gasteiger partial charge in [0.2, 0.25) is 0 Å². The van der Waals surface area contributed by atoms with E-state index in [0.29, 0.717) is 46.7 Å². The fourth-order valence-corrected chi connectivity index (χ4v) is 7.95. The summed E-state index contributed by atoms with van der Waals surface area (Å²) in [6.45, 7) is 11.5. The second-order valence-electron chi connectivity index (χ2n) is 11.8. The molecule has 0 spiro atoms. The molecule has 2 amide bonds. The van der Waals surface area contributed by atoms with Gasteiger partial charge in [0.25, 0.3) is 11.8 Å². The highest BCUT2D eigenvalue weighted by molar-refractivity contribution is 7.91. The SMILES string of the molecule is CC(C)COc1ccc(C(=O)Nc2sc3c(c2C(=O)NC2CCS(=O)(=O)C2)CCC(C(C)(C)C)C3)cc1. The molecular weight excluding hydrogens is 508 g/mol. The van der Waals surface area contributed by atoms with Crippen LogP contribution in [0.2, 0.25) is 0 Å². The molecule has 0 bridgehead atoms. The Morgan fingerprint density at radius 3 is 2.41 bits per heavy atom. The standard InChI is InChI=1S/C28H38N2O5S2/c1-17(2)15-35-21-9-6-18(7-10-21)25(31)30-27-24(26(32)29-20-12-13-37(33,34)16-20)22-11-8-19(28(3,4)5)14-23(22)36-27/h6-7,9-10,17,19-20H,8,11-16H2,1-5H3,(H,29,32)(H,30,31). The zero-order valence-corrected chi connectivity index (χ0v) is 24.0. The van der Waals surface area contributed by atoms with E-state index >= 15 is 0 Å². The highest BCUT2D eigenvalue weighted by Gasteiger charge is 2.36. The number of nitrogens with one attached hydrogen (secondary N) is 2. The fraction of sp³-hybridized carbons (Fsp3) is 0.571. The highest BCUT2D eigenvalue weighted by Crippen LogP contribution is 2.44. The van der Waals surface area contributed by atoms with E-state index in [-0.39, 0.29) is 28.7 Å². The summed E-state index contributed by atoms with van der Waals surface area (Å²) in [5.74, 6) is 1.05. The van der Waals surface area contributed by atoms with Crippen LogP contribution in [0.1, 0.15) is 78.6 Å². The summed E-state index contributed by atoms with van der Waals surface area (Å²) in [7, 11) is -3.12. The van der Waals surface area contributed by atoms with Gasteiger partial charge < -0.3 is 15.4 Å². The number of anilines is 1. The van der Waals surface area contributed by atoms with E-state index in [0.717, 1.165) is 29.7 Å². The lowest BCUT2D eigenvalue weighted by atomic mass is 9.72. The third-order valence-corrected chi connectivity index (χ3v) is 10.1. The number of carbonyl (C=O) groups excluding carboxylic acids is 2. The van der Waals surface area contributed by atoms with Gasteiger partial charge in [0.15, 0.2) is 9.84 Å². The smallest absolute Gasteiger partial charge is 0.256 e. The van der Waals surface area contributed by atoms with Crippen LogP contribution in [-0.4, -0.2) is 44.4 Å². The minimum atomic E-state index is -3.12. The largest absolute Gasteiger partial charge is 0.493 e. The van der Waals surface area contributed by atoms with Crippen molar-refractivity contribution in [3.63, 3.8) is 0 Å². The number of rotatable bonds is 7. The predicted molar refractivity (Wildman–Crippen MR) is 149 cm³/mol. The number of sulfone groups is 1. The Balaban J connectivity index is 1.58. The molecule has 2 atom stereocenters. The number of benzene rings is 1. The molecule has 2 unspecified atom stereocenters. The number of hydrogen-bond donors (Lipinski definition) is 2. The van der Waals surface area contributed by atoms with Crippen molar-refractivity contribution in [1.82, 2.24) is 5.32 Å². The summed E-state index contributed by atoms with van der Waals surface area (Å²) in [5.41, 5.74) is 2.09. The van der Waals surface area contributed by atoms with Crippen LogP contribution >= 0.6 is 11.3 Å². The van der Waals surface area contributed by atoms with Crippen LogP contribution < -0.4 is 15.4 Å². The van der Waals surface area contributed by atoms with Crippen molar-refractivity contribution in [1.29, 1.82) is 0 Å². The minimum Gasteiger partial charge on any atom is -0.493 e. The second kappa shape index (κ2) is 10.8. The molecule has 0 radical (unpaired) electrons. The third-order valence-electron chi connectivity index (χ3n) is 7.21. The average molecular weight is 547 g/mol. The number of carbonyl (C=O) groups is 2. The summed E-state index contributed by atoms with van der Waals surface area (Å²) in [6.07, 6.45) is 3.01. The Morgan fingerprint density at radius 2 is 1.81 bits per heavy atom. The van der Waals surface area contributed by atoms with E-state index in [4.69, 9.17) is 4.74 Å². The Bertz CT molecular complexity index is 1260. The lowest BCUT2D eigenvalue weighted by Gasteiger charge is -2.33. The Hall–Kier alpha value is -2.39. The van der Waals surface area contributed by atoms with Crippen LogP contribution in [-0.2, 0) is 22.7 Å². The summed E-state index contributed by atoms with van der Waals surface area (Å²) in [5, 5.41) is 6.45. The van der Waals surface area contributed by atoms with Gasteiger partial charge in [0.1, 0.15) is 10.8 Å². The van der Waals surface area contributed by atoms with E-state index in [1.54, 1.807) is 24.3 Å². The van der Waals surface area contributed by atoms with Crippen molar-refractivity contribution in [2.75, 3.05) is 23.4 Å². The minimum absolute atomic E-state index is 0.0376. The van der Waals surface area contributed by atoms with Gasteiger partial charge in [-0.2, -0.15) is 0 Å². The Morgan fingerprint density at radius 1 is 1.11 bits per heavy atom. The van der Waals surface area contributed by atoms with Crippen molar-refractivity contribution < 1.29 is 22.7 Å². The molecular formula is C28H38N2O5S2. The molecule has 1 aromatic heterocycles. The molecule has 1 fully saturated rings. The first kappa shape index (κ1) is 27.6. The van der Waals surface area contributed by atoms with E-state index < -0.39 is 15.9 Å². The first-order chi connectivity index (χ1) is 17.3. The predicted octanol–water partition coefficient (Wildman–Crippen LogP) is 5.10. The van der Waals surface area contributed by atoms with Crippen molar-refractivity contribution in [3.05, 3.63) is 45.8 Å². The van der Waals surface area contributed by atoms with Crippen LogP contribution in [0.25, 0.3) is 0 Å². The number of ether oxygens (including phenoxy) is 1. The molecule has 1 saturated heterocycles. The molecule has 202 valence electrons. The lowest BCUT2D eigenvalue weighted by molar-refractivity contribution is 0.0941. The molecule has 1 aromatic carbocycles. The van der Waals surface area contributed by atoms with Crippen molar-refractivity contribution in [2.45, 2.75) is 66.3 Å². The summed E-state index contributed by atoms with van der Waals surface area (Å²) < 4.78 is 29.6.